The average molecular weight is 189 g/mol. The van der Waals surface area contributed by atoms with Crippen LogP contribution in [0.25, 0.3) is 0 Å². The monoisotopic (exact) mass is 189 g/mol. The summed E-state index contributed by atoms with van der Waals surface area (Å²) in [6.07, 6.45) is 1.07. The first-order valence-corrected chi connectivity index (χ1v) is 4.82. The van der Waals surface area contributed by atoms with Crippen molar-refractivity contribution in [2.75, 3.05) is 26.8 Å². The Morgan fingerprint density at radius 3 is 1.92 bits per heavy atom. The molecule has 0 radical (unpaired) electrons. The van der Waals surface area contributed by atoms with E-state index in [0.29, 0.717) is 5.41 Å². The first kappa shape index (κ1) is 12.9. The minimum atomic E-state index is -0.109. The molecule has 0 bridgehead atoms. The van der Waals surface area contributed by atoms with Gasteiger partial charge in [0.1, 0.15) is 0 Å². The molecular formula is C10H23NO2. The normalized spacial score (nSPS) is 12.9. The first-order valence-electron chi connectivity index (χ1n) is 4.82. The molecule has 0 saturated carbocycles. The molecule has 0 aromatic heterocycles. The number of hydrogen-bond acceptors (Lipinski definition) is 3. The minimum Gasteiger partial charge on any atom is -0.395 e. The molecule has 0 unspecified atom stereocenters. The van der Waals surface area contributed by atoms with Gasteiger partial charge < -0.3 is 10.2 Å². The third-order valence-electron chi connectivity index (χ3n) is 2.26. The second-order valence-electron chi connectivity index (χ2n) is 4.81. The maximum absolute atomic E-state index is 8.92. The van der Waals surface area contributed by atoms with Crippen LogP contribution in [-0.2, 0) is 0 Å². The summed E-state index contributed by atoms with van der Waals surface area (Å²) in [5.41, 5.74) is 0.309. The van der Waals surface area contributed by atoms with Gasteiger partial charge in [0.15, 0.2) is 0 Å². The van der Waals surface area contributed by atoms with Crippen LogP contribution in [0.15, 0.2) is 0 Å². The third-order valence-corrected chi connectivity index (χ3v) is 2.26. The van der Waals surface area contributed by atoms with Gasteiger partial charge in [-0.1, -0.05) is 20.8 Å². The van der Waals surface area contributed by atoms with Gasteiger partial charge >= 0.3 is 0 Å². The van der Waals surface area contributed by atoms with Crippen LogP contribution in [0.2, 0.25) is 0 Å². The molecule has 0 fully saturated rings. The maximum Gasteiger partial charge on any atom is 0.0609 e. The number of nitrogens with zero attached hydrogens (tertiary/aromatic N) is 1. The van der Waals surface area contributed by atoms with E-state index in [1.807, 2.05) is 11.9 Å². The van der Waals surface area contributed by atoms with Gasteiger partial charge in [-0.25, -0.2) is 0 Å². The summed E-state index contributed by atoms with van der Waals surface area (Å²) < 4.78 is 0. The third kappa shape index (κ3) is 6.02. The Morgan fingerprint density at radius 1 is 1.15 bits per heavy atom. The Labute approximate surface area is 81.4 Å². The zero-order valence-electron chi connectivity index (χ0n) is 9.25. The lowest BCUT2D eigenvalue weighted by molar-refractivity contribution is 0.0843. The largest absolute Gasteiger partial charge is 0.395 e. The highest BCUT2D eigenvalue weighted by Crippen LogP contribution is 2.18. The molecule has 2 N–H and O–H groups in total. The SMILES string of the molecule is CN(CCC(C)(C)C)C(CO)CO. The maximum atomic E-state index is 8.92. The lowest BCUT2D eigenvalue weighted by atomic mass is 9.92. The second-order valence-corrected chi connectivity index (χ2v) is 4.81. The predicted octanol–water partition coefficient (Wildman–Crippen LogP) is 0.708. The standard InChI is InChI=1S/C10H23NO2/c1-10(2,3)5-6-11(4)9(7-12)8-13/h9,12-13H,5-8H2,1-4H3. The van der Waals surface area contributed by atoms with E-state index < -0.39 is 0 Å². The lowest BCUT2D eigenvalue weighted by Gasteiger charge is -2.28. The molecule has 0 spiro atoms. The Bertz CT molecular complexity index is 127. The number of hydrogen-bond donors (Lipinski definition) is 2. The van der Waals surface area contributed by atoms with Crippen molar-refractivity contribution in [3.05, 3.63) is 0 Å². The van der Waals surface area contributed by atoms with Crippen molar-refractivity contribution in [2.24, 2.45) is 5.41 Å². The quantitative estimate of drug-likeness (QED) is 0.669. The van der Waals surface area contributed by atoms with Gasteiger partial charge in [-0.3, -0.25) is 4.90 Å². The molecule has 80 valence electrons. The molecule has 0 aliphatic carbocycles. The van der Waals surface area contributed by atoms with Crippen LogP contribution in [0.3, 0.4) is 0 Å². The Kier molecular flexibility index (Phi) is 5.53. The van der Waals surface area contributed by atoms with E-state index >= 15 is 0 Å². The molecule has 0 saturated heterocycles. The van der Waals surface area contributed by atoms with Crippen LogP contribution in [-0.4, -0.2) is 48.0 Å². The van der Waals surface area contributed by atoms with E-state index in [9.17, 15) is 0 Å². The molecule has 0 atom stereocenters. The van der Waals surface area contributed by atoms with Gasteiger partial charge in [0, 0.05) is 0 Å². The molecule has 0 aromatic rings. The van der Waals surface area contributed by atoms with Crippen LogP contribution >= 0.6 is 0 Å². The topological polar surface area (TPSA) is 43.7 Å². The molecule has 0 rings (SSSR count). The van der Waals surface area contributed by atoms with E-state index in [1.165, 1.54) is 0 Å². The Balaban J connectivity index is 3.78. The van der Waals surface area contributed by atoms with Gasteiger partial charge in [0.05, 0.1) is 19.3 Å². The summed E-state index contributed by atoms with van der Waals surface area (Å²) in [6, 6.07) is -0.109. The van der Waals surface area contributed by atoms with E-state index in [4.69, 9.17) is 10.2 Å². The lowest BCUT2D eigenvalue weighted by Crippen LogP contribution is -2.39. The number of likely N-dealkylation sites (N-methyl/N-ethyl adjacent to an activating group) is 1. The fraction of sp³-hybridized carbons (Fsp3) is 1.00. The van der Waals surface area contributed by atoms with E-state index in [-0.39, 0.29) is 19.3 Å². The Morgan fingerprint density at radius 2 is 1.62 bits per heavy atom. The summed E-state index contributed by atoms with van der Waals surface area (Å²) in [7, 11) is 1.93. The molecule has 0 aliphatic rings. The zero-order chi connectivity index (χ0) is 10.5. The molecule has 0 aliphatic heterocycles. The van der Waals surface area contributed by atoms with Gasteiger partial charge in [-0.2, -0.15) is 0 Å². The van der Waals surface area contributed by atoms with Crippen molar-refractivity contribution in [1.29, 1.82) is 0 Å². The van der Waals surface area contributed by atoms with Crippen LogP contribution in [0.4, 0.5) is 0 Å². The summed E-state index contributed by atoms with van der Waals surface area (Å²) in [5, 5.41) is 17.8. The van der Waals surface area contributed by atoms with Crippen molar-refractivity contribution < 1.29 is 10.2 Å². The second kappa shape index (κ2) is 5.58. The summed E-state index contributed by atoms with van der Waals surface area (Å²) >= 11 is 0. The highest BCUT2D eigenvalue weighted by molar-refractivity contribution is 4.69. The van der Waals surface area contributed by atoms with Crippen molar-refractivity contribution >= 4 is 0 Å². The smallest absolute Gasteiger partial charge is 0.0609 e. The molecule has 0 amide bonds. The van der Waals surface area contributed by atoms with Crippen LogP contribution < -0.4 is 0 Å². The molecule has 3 nitrogen and oxygen atoms in total. The molecule has 13 heavy (non-hydrogen) atoms. The van der Waals surface area contributed by atoms with Crippen LogP contribution in [0, 0.1) is 5.41 Å². The summed E-state index contributed by atoms with van der Waals surface area (Å²) in [5.74, 6) is 0. The van der Waals surface area contributed by atoms with Crippen molar-refractivity contribution in [1.82, 2.24) is 4.90 Å². The van der Waals surface area contributed by atoms with Crippen LogP contribution in [0.5, 0.6) is 0 Å². The molecular weight excluding hydrogens is 166 g/mol. The molecule has 0 aromatic carbocycles. The fourth-order valence-electron chi connectivity index (χ4n) is 1.03. The van der Waals surface area contributed by atoms with Crippen molar-refractivity contribution in [3.8, 4) is 0 Å². The highest BCUT2D eigenvalue weighted by Gasteiger charge is 2.16. The molecule has 0 heterocycles. The minimum absolute atomic E-state index is 0.0249. The summed E-state index contributed by atoms with van der Waals surface area (Å²) in [6.45, 7) is 7.53. The number of aliphatic hydroxyl groups is 2. The number of rotatable bonds is 5. The van der Waals surface area contributed by atoms with Gasteiger partial charge in [-0.15, -0.1) is 0 Å². The first-order chi connectivity index (χ1) is 5.90. The van der Waals surface area contributed by atoms with Gasteiger partial charge in [-0.05, 0) is 25.4 Å². The number of aliphatic hydroxyl groups excluding tert-OH is 2. The highest BCUT2D eigenvalue weighted by atomic mass is 16.3. The van der Waals surface area contributed by atoms with E-state index in [1.54, 1.807) is 0 Å². The summed E-state index contributed by atoms with van der Waals surface area (Å²) in [4.78, 5) is 2.01. The fourth-order valence-corrected chi connectivity index (χ4v) is 1.03. The van der Waals surface area contributed by atoms with Crippen molar-refractivity contribution in [3.63, 3.8) is 0 Å². The molecule has 3 heteroatoms. The average Bonchev–Trinajstić information content (AvgIpc) is 2.02. The predicted molar refractivity (Wildman–Crippen MR) is 54.7 cm³/mol. The van der Waals surface area contributed by atoms with Crippen molar-refractivity contribution in [2.45, 2.75) is 33.2 Å². The van der Waals surface area contributed by atoms with Gasteiger partial charge in [0.2, 0.25) is 0 Å². The van der Waals surface area contributed by atoms with E-state index in [0.717, 1.165) is 13.0 Å². The van der Waals surface area contributed by atoms with E-state index in [2.05, 4.69) is 20.8 Å². The zero-order valence-corrected chi connectivity index (χ0v) is 9.25. The Hall–Kier alpha value is -0.120. The van der Waals surface area contributed by atoms with Gasteiger partial charge in [0.25, 0.3) is 0 Å². The van der Waals surface area contributed by atoms with Crippen LogP contribution in [0.1, 0.15) is 27.2 Å².